The lowest BCUT2D eigenvalue weighted by Crippen LogP contribution is -2.30. The Bertz CT molecular complexity index is 512. The van der Waals surface area contributed by atoms with Gasteiger partial charge in [0.15, 0.2) is 0 Å². The van der Waals surface area contributed by atoms with Crippen LogP contribution < -0.4 is 5.73 Å². The Hall–Kier alpha value is -0.820. The molecule has 1 heterocycles. The van der Waals surface area contributed by atoms with Crippen LogP contribution >= 0.6 is 11.6 Å². The first-order valence-corrected chi connectivity index (χ1v) is 6.97. The van der Waals surface area contributed by atoms with E-state index in [1.807, 2.05) is 0 Å². The highest BCUT2D eigenvalue weighted by atomic mass is 35.5. The van der Waals surface area contributed by atoms with Crippen molar-refractivity contribution in [1.82, 2.24) is 4.31 Å². The number of hydrogen-bond acceptors (Lipinski definition) is 4. The molecule has 1 aliphatic heterocycles. The van der Waals surface area contributed by atoms with Crippen molar-refractivity contribution in [2.24, 2.45) is 0 Å². The summed E-state index contributed by atoms with van der Waals surface area (Å²) >= 11 is 5.88. The molecule has 0 aromatic heterocycles. The van der Waals surface area contributed by atoms with Crippen molar-refractivity contribution in [3.05, 3.63) is 23.2 Å². The van der Waals surface area contributed by atoms with E-state index >= 15 is 0 Å². The number of rotatable bonds is 2. The fourth-order valence-corrected chi connectivity index (χ4v) is 3.98. The van der Waals surface area contributed by atoms with Gasteiger partial charge < -0.3 is 10.8 Å². The molecule has 0 spiro atoms. The predicted octanol–water partition coefficient (Wildman–Crippen LogP) is 0.678. The van der Waals surface area contributed by atoms with Crippen LogP contribution in [0, 0.1) is 0 Å². The minimum absolute atomic E-state index is 0.0734. The molecule has 1 aliphatic rings. The average Bonchev–Trinajstić information content (AvgIpc) is 2.64. The summed E-state index contributed by atoms with van der Waals surface area (Å²) in [6.07, 6.45) is -0.183. The molecule has 1 atom stereocenters. The van der Waals surface area contributed by atoms with E-state index in [9.17, 15) is 13.5 Å². The molecule has 0 saturated carbocycles. The first-order valence-electron chi connectivity index (χ1n) is 5.15. The Morgan fingerprint density at radius 1 is 1.47 bits per heavy atom. The molecule has 17 heavy (non-hydrogen) atoms. The predicted molar refractivity (Wildman–Crippen MR) is 65.2 cm³/mol. The van der Waals surface area contributed by atoms with Gasteiger partial charge >= 0.3 is 0 Å². The van der Waals surface area contributed by atoms with Gasteiger partial charge in [0.25, 0.3) is 0 Å². The topological polar surface area (TPSA) is 83.6 Å². The minimum Gasteiger partial charge on any atom is -0.398 e. The van der Waals surface area contributed by atoms with Crippen LogP contribution in [0.15, 0.2) is 23.1 Å². The van der Waals surface area contributed by atoms with Crippen molar-refractivity contribution in [2.75, 3.05) is 18.8 Å². The van der Waals surface area contributed by atoms with Crippen molar-refractivity contribution in [3.8, 4) is 0 Å². The Labute approximate surface area is 105 Å². The van der Waals surface area contributed by atoms with Gasteiger partial charge in [-0.15, -0.1) is 0 Å². The molecule has 1 saturated heterocycles. The van der Waals surface area contributed by atoms with Gasteiger partial charge in [-0.25, -0.2) is 8.42 Å². The number of sulfonamides is 1. The molecule has 0 bridgehead atoms. The zero-order chi connectivity index (χ0) is 12.6. The first kappa shape index (κ1) is 12.6. The molecule has 0 aliphatic carbocycles. The van der Waals surface area contributed by atoms with Gasteiger partial charge in [0.2, 0.25) is 10.0 Å². The molecule has 2 rings (SSSR count). The summed E-state index contributed by atoms with van der Waals surface area (Å²) in [5.41, 5.74) is 5.78. The standard InChI is InChI=1S/C10H13ClN2O3S/c11-8-2-1-3-9(12)10(8)17(15,16)13-5-4-7(14)6-13/h1-3,7,14H,4-6,12H2/t7-/m1/s1. The van der Waals surface area contributed by atoms with Crippen LogP contribution in [0.1, 0.15) is 6.42 Å². The van der Waals surface area contributed by atoms with E-state index in [0.29, 0.717) is 6.42 Å². The number of nitrogens with two attached hydrogens (primary N) is 1. The molecule has 1 fully saturated rings. The summed E-state index contributed by atoms with van der Waals surface area (Å²) in [5, 5.41) is 9.48. The van der Waals surface area contributed by atoms with Crippen LogP contribution in [0.4, 0.5) is 5.69 Å². The van der Waals surface area contributed by atoms with Crippen LogP contribution in [0.3, 0.4) is 0 Å². The molecule has 5 nitrogen and oxygen atoms in total. The van der Waals surface area contributed by atoms with E-state index in [2.05, 4.69) is 0 Å². The van der Waals surface area contributed by atoms with E-state index < -0.39 is 16.1 Å². The lowest BCUT2D eigenvalue weighted by atomic mass is 10.3. The fourth-order valence-electron chi connectivity index (χ4n) is 1.86. The number of benzene rings is 1. The Morgan fingerprint density at radius 3 is 2.71 bits per heavy atom. The summed E-state index contributed by atoms with van der Waals surface area (Å²) in [5.74, 6) is 0. The number of aliphatic hydroxyl groups is 1. The third kappa shape index (κ3) is 2.26. The van der Waals surface area contributed by atoms with E-state index in [1.165, 1.54) is 16.4 Å². The second kappa shape index (κ2) is 4.45. The van der Waals surface area contributed by atoms with Gasteiger partial charge in [-0.1, -0.05) is 17.7 Å². The summed E-state index contributed by atoms with van der Waals surface area (Å²) in [4.78, 5) is -0.0734. The van der Waals surface area contributed by atoms with Crippen LogP contribution in [0.25, 0.3) is 0 Å². The Morgan fingerprint density at radius 2 is 2.18 bits per heavy atom. The Kier molecular flexibility index (Phi) is 3.31. The molecular weight excluding hydrogens is 264 g/mol. The second-order valence-electron chi connectivity index (χ2n) is 3.96. The molecule has 1 aromatic rings. The Balaban J connectivity index is 2.45. The van der Waals surface area contributed by atoms with Gasteiger partial charge in [0.1, 0.15) is 4.90 Å². The molecule has 0 amide bonds. The highest BCUT2D eigenvalue weighted by molar-refractivity contribution is 7.89. The molecule has 94 valence electrons. The molecule has 1 aromatic carbocycles. The van der Waals surface area contributed by atoms with Crippen LogP contribution in [-0.4, -0.2) is 37.0 Å². The van der Waals surface area contributed by atoms with Gasteiger partial charge in [-0.05, 0) is 18.6 Å². The van der Waals surface area contributed by atoms with Crippen LogP contribution in [-0.2, 0) is 10.0 Å². The molecule has 7 heteroatoms. The van der Waals surface area contributed by atoms with E-state index in [1.54, 1.807) is 6.07 Å². The number of anilines is 1. The summed E-state index contributed by atoms with van der Waals surface area (Å²) in [6, 6.07) is 4.57. The highest BCUT2D eigenvalue weighted by Gasteiger charge is 2.34. The number of halogens is 1. The van der Waals surface area contributed by atoms with Gasteiger partial charge in [-0.2, -0.15) is 4.31 Å². The number of hydrogen-bond donors (Lipinski definition) is 2. The fraction of sp³-hybridized carbons (Fsp3) is 0.400. The summed E-state index contributed by atoms with van der Waals surface area (Å²) < 4.78 is 25.7. The maximum absolute atomic E-state index is 12.3. The number of nitrogen functional groups attached to an aromatic ring is 1. The van der Waals surface area contributed by atoms with Gasteiger partial charge in [-0.3, -0.25) is 0 Å². The molecule has 0 radical (unpaired) electrons. The van der Waals surface area contributed by atoms with E-state index in [-0.39, 0.29) is 28.7 Å². The summed E-state index contributed by atoms with van der Waals surface area (Å²) in [6.45, 7) is 0.376. The molecule has 3 N–H and O–H groups in total. The highest BCUT2D eigenvalue weighted by Crippen LogP contribution is 2.31. The van der Waals surface area contributed by atoms with E-state index in [4.69, 9.17) is 17.3 Å². The normalized spacial score (nSPS) is 21.9. The number of aliphatic hydroxyl groups excluding tert-OH is 1. The maximum atomic E-state index is 12.3. The van der Waals surface area contributed by atoms with Crippen LogP contribution in [0.2, 0.25) is 5.02 Å². The quantitative estimate of drug-likeness (QED) is 0.778. The van der Waals surface area contributed by atoms with Crippen molar-refractivity contribution >= 4 is 27.3 Å². The minimum atomic E-state index is -3.72. The molecular formula is C10H13ClN2O3S. The van der Waals surface area contributed by atoms with Crippen molar-refractivity contribution in [3.63, 3.8) is 0 Å². The molecule has 0 unspecified atom stereocenters. The third-order valence-corrected chi connectivity index (χ3v) is 5.13. The SMILES string of the molecule is Nc1cccc(Cl)c1S(=O)(=O)N1CC[C@@H](O)C1. The largest absolute Gasteiger partial charge is 0.398 e. The van der Waals surface area contributed by atoms with Crippen molar-refractivity contribution in [1.29, 1.82) is 0 Å². The van der Waals surface area contributed by atoms with Crippen molar-refractivity contribution < 1.29 is 13.5 Å². The lowest BCUT2D eigenvalue weighted by molar-refractivity contribution is 0.189. The average molecular weight is 277 g/mol. The van der Waals surface area contributed by atoms with Crippen LogP contribution in [0.5, 0.6) is 0 Å². The number of β-amino-alcohol motifs (C(OH)–C–C–N with tert-alkyl or cyclic N) is 1. The first-order chi connectivity index (χ1) is 7.93. The lowest BCUT2D eigenvalue weighted by Gasteiger charge is -2.17. The number of nitrogens with zero attached hydrogens (tertiary/aromatic N) is 1. The maximum Gasteiger partial charge on any atom is 0.246 e. The third-order valence-electron chi connectivity index (χ3n) is 2.72. The second-order valence-corrected chi connectivity index (χ2v) is 6.25. The zero-order valence-corrected chi connectivity index (χ0v) is 10.6. The monoisotopic (exact) mass is 276 g/mol. The van der Waals surface area contributed by atoms with E-state index in [0.717, 1.165) is 0 Å². The zero-order valence-electron chi connectivity index (χ0n) is 9.01. The summed E-state index contributed by atoms with van der Waals surface area (Å²) in [7, 11) is -3.72. The van der Waals surface area contributed by atoms with Gasteiger partial charge in [0, 0.05) is 13.1 Å². The smallest absolute Gasteiger partial charge is 0.246 e. The van der Waals surface area contributed by atoms with Gasteiger partial charge in [0.05, 0.1) is 16.8 Å². The van der Waals surface area contributed by atoms with Crippen molar-refractivity contribution in [2.45, 2.75) is 17.4 Å².